The molecule has 0 amide bonds. The van der Waals surface area contributed by atoms with Gasteiger partial charge in [0.25, 0.3) is 0 Å². The van der Waals surface area contributed by atoms with Crippen molar-refractivity contribution in [3.8, 4) is 0 Å². The van der Waals surface area contributed by atoms with E-state index in [1.165, 1.54) is 0 Å². The minimum Gasteiger partial charge on any atom is -0.376 e. The molecule has 10 heavy (non-hydrogen) atoms. The average Bonchev–Trinajstić information content (AvgIpc) is 1.98. The summed E-state index contributed by atoms with van der Waals surface area (Å²) < 4.78 is 0. The van der Waals surface area contributed by atoms with Crippen molar-refractivity contribution in [3.63, 3.8) is 0 Å². The number of rotatable bonds is 2. The minimum absolute atomic E-state index is 0. The van der Waals surface area contributed by atoms with Gasteiger partial charge in [-0.25, -0.2) is 0 Å². The molecule has 0 aromatic carbocycles. The molecule has 0 saturated heterocycles. The van der Waals surface area contributed by atoms with Crippen LogP contribution in [0.3, 0.4) is 0 Å². The molecule has 0 aromatic heterocycles. The van der Waals surface area contributed by atoms with Crippen molar-refractivity contribution in [2.24, 2.45) is 0 Å². The van der Waals surface area contributed by atoms with E-state index in [2.05, 4.69) is 19.2 Å². The van der Waals surface area contributed by atoms with E-state index in [9.17, 15) is 0 Å². The van der Waals surface area contributed by atoms with Crippen LogP contribution in [0.15, 0.2) is 0 Å². The first kappa shape index (κ1) is 22.4. The Bertz CT molecular complexity index is 16.7. The zero-order chi connectivity index (χ0) is 8.12. The van der Waals surface area contributed by atoms with Crippen molar-refractivity contribution in [2.75, 3.05) is 13.1 Å². The first-order valence-corrected chi connectivity index (χ1v) is 3.71. The summed E-state index contributed by atoms with van der Waals surface area (Å²) in [6.07, 6.45) is 0. The van der Waals surface area contributed by atoms with Crippen LogP contribution in [-0.2, 0) is 21.1 Å². The monoisotopic (exact) mass is 315 g/mol. The second kappa shape index (κ2) is 54.2. The van der Waals surface area contributed by atoms with Gasteiger partial charge in [0, 0.05) is 0 Å². The van der Waals surface area contributed by atoms with Crippen molar-refractivity contribution < 1.29 is 21.1 Å². The molecule has 64 valence electrons. The molecule has 2 heteroatoms. The van der Waals surface area contributed by atoms with E-state index < -0.39 is 0 Å². The minimum atomic E-state index is 0. The Kier molecular flexibility index (Phi) is 122. The van der Waals surface area contributed by atoms with Gasteiger partial charge in [0.15, 0.2) is 0 Å². The van der Waals surface area contributed by atoms with Crippen molar-refractivity contribution in [1.29, 1.82) is 0 Å². The summed E-state index contributed by atoms with van der Waals surface area (Å²) in [6, 6.07) is 0. The quantitative estimate of drug-likeness (QED) is 0.771. The van der Waals surface area contributed by atoms with Crippen LogP contribution >= 0.6 is 0 Å². The Morgan fingerprint density at radius 1 is 0.900 bits per heavy atom. The Morgan fingerprint density at radius 3 is 1.10 bits per heavy atom. The maximum Gasteiger partial charge on any atom is 2.00 e. The van der Waals surface area contributed by atoms with E-state index in [4.69, 9.17) is 0 Å². The van der Waals surface area contributed by atoms with E-state index in [0.29, 0.717) is 0 Å². The van der Waals surface area contributed by atoms with Gasteiger partial charge in [0.2, 0.25) is 0 Å². The molecule has 0 aromatic rings. The molecule has 0 heterocycles. The van der Waals surface area contributed by atoms with Gasteiger partial charge in [-0.15, -0.1) is 13.1 Å². The van der Waals surface area contributed by atoms with E-state index in [0.717, 1.165) is 13.1 Å². The van der Waals surface area contributed by atoms with Crippen LogP contribution in [0.2, 0.25) is 0 Å². The number of hydrogen-bond donors (Lipinski definition) is 1. The molecule has 1 nitrogen and oxygen atoms in total. The van der Waals surface area contributed by atoms with Gasteiger partial charge in [0.05, 0.1) is 0 Å². The van der Waals surface area contributed by atoms with Gasteiger partial charge in [-0.05, 0) is 0 Å². The van der Waals surface area contributed by atoms with Crippen molar-refractivity contribution in [1.82, 2.24) is 5.32 Å². The molecule has 0 aliphatic carbocycles. The van der Waals surface area contributed by atoms with E-state index in [1.807, 2.05) is 27.7 Å². The van der Waals surface area contributed by atoms with Crippen LogP contribution in [0, 0.1) is 13.8 Å². The van der Waals surface area contributed by atoms with Gasteiger partial charge >= 0.3 is 21.1 Å². The van der Waals surface area contributed by atoms with Crippen LogP contribution in [0.25, 0.3) is 0 Å². The maximum absolute atomic E-state index is 3.52. The largest absolute Gasteiger partial charge is 2.00 e. The molecule has 0 rings (SSSR count). The molecular weight excluding hydrogens is 294 g/mol. The molecule has 0 atom stereocenters. The first-order chi connectivity index (χ1) is 4.41. The fourth-order valence-electron chi connectivity index (χ4n) is 0.125. The predicted molar refractivity (Wildman–Crippen MR) is 46.3 cm³/mol. The summed E-state index contributed by atoms with van der Waals surface area (Å²) in [7, 11) is 0. The van der Waals surface area contributed by atoms with E-state index >= 15 is 0 Å². The second-order valence-corrected chi connectivity index (χ2v) is 0.750. The Balaban J connectivity index is -0.0000000315. The molecule has 1 N–H and O–H groups in total. The second-order valence-electron chi connectivity index (χ2n) is 0.750. The predicted octanol–water partition coefficient (Wildman–Crippen LogP) is 2.29. The molecule has 0 unspecified atom stereocenters. The van der Waals surface area contributed by atoms with Gasteiger partial charge in [-0.3, -0.25) is 0 Å². The summed E-state index contributed by atoms with van der Waals surface area (Å²) in [4.78, 5) is 0. The zero-order valence-electron chi connectivity index (χ0n) is 7.74. The Labute approximate surface area is 81.2 Å². The fourth-order valence-corrected chi connectivity index (χ4v) is 0.125. The summed E-state index contributed by atoms with van der Waals surface area (Å²) in [6.45, 7) is 16.6. The molecule has 0 aliphatic heterocycles. The number of hydrogen-bond acceptors (Lipinski definition) is 1. The topological polar surface area (TPSA) is 12.0 Å². The van der Waals surface area contributed by atoms with Crippen LogP contribution in [0.1, 0.15) is 27.7 Å². The van der Waals surface area contributed by atoms with Crippen LogP contribution < -0.4 is 5.32 Å². The van der Waals surface area contributed by atoms with Gasteiger partial charge in [0.1, 0.15) is 0 Å². The third-order valence-corrected chi connectivity index (χ3v) is 0.354. The summed E-state index contributed by atoms with van der Waals surface area (Å²) in [5.74, 6) is 0. The third-order valence-electron chi connectivity index (χ3n) is 0.354. The Hall–Kier alpha value is 0.648. The normalized spacial score (nSPS) is 5.40. The molecule has 0 spiro atoms. The average molecular weight is 315 g/mol. The molecule has 0 aliphatic rings. The van der Waals surface area contributed by atoms with Crippen molar-refractivity contribution in [3.05, 3.63) is 13.8 Å². The first-order valence-electron chi connectivity index (χ1n) is 3.71. The molecule has 0 fully saturated rings. The number of nitrogens with one attached hydrogen (secondary N) is 1. The molecule has 0 radical (unpaired) electrons. The SMILES string of the molecule is CC.CC.[CH2-]CNC[CH2-].[W+2]. The molecule has 0 saturated carbocycles. The Morgan fingerprint density at radius 2 is 1.10 bits per heavy atom. The van der Waals surface area contributed by atoms with Gasteiger partial charge in [-0.1, -0.05) is 27.7 Å². The van der Waals surface area contributed by atoms with Gasteiger partial charge in [-0.2, -0.15) is 0 Å². The maximum atomic E-state index is 3.52. The van der Waals surface area contributed by atoms with E-state index in [-0.39, 0.29) is 21.1 Å². The van der Waals surface area contributed by atoms with Crippen LogP contribution in [0.4, 0.5) is 0 Å². The molecule has 0 bridgehead atoms. The van der Waals surface area contributed by atoms with Gasteiger partial charge < -0.3 is 19.2 Å². The third kappa shape index (κ3) is 72.1. The summed E-state index contributed by atoms with van der Waals surface area (Å²) >= 11 is 0. The zero-order valence-corrected chi connectivity index (χ0v) is 10.7. The van der Waals surface area contributed by atoms with Crippen LogP contribution in [-0.4, -0.2) is 13.1 Å². The summed E-state index contributed by atoms with van der Waals surface area (Å²) in [5, 5.41) is 2.89. The van der Waals surface area contributed by atoms with Crippen LogP contribution in [0.5, 0.6) is 0 Å². The smallest absolute Gasteiger partial charge is 0.376 e. The van der Waals surface area contributed by atoms with Crippen molar-refractivity contribution in [2.45, 2.75) is 27.7 Å². The summed E-state index contributed by atoms with van der Waals surface area (Å²) in [5.41, 5.74) is 0. The molecular formula is C8H21NW. The van der Waals surface area contributed by atoms with E-state index in [1.54, 1.807) is 0 Å². The fraction of sp³-hybridized carbons (Fsp3) is 0.750. The van der Waals surface area contributed by atoms with Crippen molar-refractivity contribution >= 4 is 0 Å². The standard InChI is InChI=1S/C4H9N.2C2H6.W/c1-3-5-4-2;2*1-2;/h5H,1-4H2;2*1-2H3;/q-2;;;+2.